The highest BCUT2D eigenvalue weighted by atomic mass is 127. The van der Waals surface area contributed by atoms with Gasteiger partial charge in [-0.3, -0.25) is 4.79 Å². The highest BCUT2D eigenvalue weighted by Crippen LogP contribution is 2.13. The zero-order chi connectivity index (χ0) is 19.5. The zero-order valence-electron chi connectivity index (χ0n) is 17.1. The average molecular weight is 504 g/mol. The summed E-state index contributed by atoms with van der Waals surface area (Å²) in [5.74, 6) is 2.02. The highest BCUT2D eigenvalue weighted by Gasteiger charge is 2.16. The second-order valence-corrected chi connectivity index (χ2v) is 6.82. The number of benzene rings is 1. The van der Waals surface area contributed by atoms with Gasteiger partial charge in [-0.1, -0.05) is 12.1 Å². The molecule has 0 bridgehead atoms. The third-order valence-electron chi connectivity index (χ3n) is 4.37. The smallest absolute Gasteiger partial charge is 0.243 e. The molecule has 0 aliphatic carbocycles. The van der Waals surface area contributed by atoms with E-state index in [1.165, 1.54) is 5.56 Å². The number of aliphatic imine (C=N–C) groups is 1. The number of hydrogen-bond acceptors (Lipinski definition) is 4. The Labute approximate surface area is 185 Å². The standard InChI is InChI=1S/C20H32N4O3.HI/c1-4-27-18-7-5-6-16(12-18)8-10-21-20(23-14-19(25)24(2)3)22-13-17-9-11-26-15-17;/h5-7,12,17H,4,8-11,13-15H2,1-3H3,(H2,21,22,23);1H. The van der Waals surface area contributed by atoms with Crippen molar-refractivity contribution in [3.63, 3.8) is 0 Å². The maximum absolute atomic E-state index is 11.8. The summed E-state index contributed by atoms with van der Waals surface area (Å²) in [6, 6.07) is 8.11. The van der Waals surface area contributed by atoms with Crippen molar-refractivity contribution in [2.24, 2.45) is 10.9 Å². The summed E-state index contributed by atoms with van der Waals surface area (Å²) in [6.45, 7) is 5.88. The van der Waals surface area contributed by atoms with Crippen LogP contribution in [0.2, 0.25) is 0 Å². The molecular formula is C20H33IN4O3. The van der Waals surface area contributed by atoms with E-state index in [4.69, 9.17) is 9.47 Å². The van der Waals surface area contributed by atoms with Crippen LogP contribution in [0.25, 0.3) is 0 Å². The fourth-order valence-electron chi connectivity index (χ4n) is 2.73. The van der Waals surface area contributed by atoms with Crippen LogP contribution in [0.5, 0.6) is 5.75 Å². The van der Waals surface area contributed by atoms with E-state index in [1.54, 1.807) is 19.0 Å². The Kier molecular flexibility index (Phi) is 11.9. The first-order valence-corrected chi connectivity index (χ1v) is 9.60. The summed E-state index contributed by atoms with van der Waals surface area (Å²) in [5, 5.41) is 6.66. The Morgan fingerprint density at radius 3 is 2.86 bits per heavy atom. The fraction of sp³-hybridized carbons (Fsp3) is 0.600. The summed E-state index contributed by atoms with van der Waals surface area (Å²) >= 11 is 0. The van der Waals surface area contributed by atoms with Crippen LogP contribution in [-0.4, -0.2) is 70.3 Å². The molecule has 1 aromatic carbocycles. The molecule has 0 spiro atoms. The molecule has 7 nitrogen and oxygen atoms in total. The molecule has 1 heterocycles. The van der Waals surface area contributed by atoms with Gasteiger partial charge in [0.05, 0.1) is 13.2 Å². The van der Waals surface area contributed by atoms with Crippen LogP contribution in [0, 0.1) is 5.92 Å². The van der Waals surface area contributed by atoms with Crippen molar-refractivity contribution in [2.45, 2.75) is 19.8 Å². The van der Waals surface area contributed by atoms with Crippen LogP contribution in [0.3, 0.4) is 0 Å². The molecule has 28 heavy (non-hydrogen) atoms. The molecule has 2 N–H and O–H groups in total. The number of rotatable bonds is 9. The maximum Gasteiger partial charge on any atom is 0.243 e. The van der Waals surface area contributed by atoms with E-state index in [2.05, 4.69) is 27.8 Å². The predicted octanol–water partition coefficient (Wildman–Crippen LogP) is 1.91. The molecule has 1 saturated heterocycles. The lowest BCUT2D eigenvalue weighted by Crippen LogP contribution is -2.41. The van der Waals surface area contributed by atoms with Gasteiger partial charge < -0.3 is 25.0 Å². The molecule has 1 aliphatic heterocycles. The first kappa shape index (κ1) is 24.5. The van der Waals surface area contributed by atoms with Crippen LogP contribution in [0.15, 0.2) is 29.3 Å². The molecule has 8 heteroatoms. The van der Waals surface area contributed by atoms with Crippen LogP contribution >= 0.6 is 24.0 Å². The number of likely N-dealkylation sites (N-methyl/N-ethyl adjacent to an activating group) is 1. The molecule has 0 saturated carbocycles. The Morgan fingerprint density at radius 2 is 2.18 bits per heavy atom. The van der Waals surface area contributed by atoms with Crippen molar-refractivity contribution in [3.05, 3.63) is 29.8 Å². The topological polar surface area (TPSA) is 75.2 Å². The second kappa shape index (κ2) is 13.6. The molecule has 1 unspecified atom stereocenters. The Balaban J connectivity index is 0.00000392. The summed E-state index contributed by atoms with van der Waals surface area (Å²) in [4.78, 5) is 17.8. The lowest BCUT2D eigenvalue weighted by atomic mass is 10.1. The Bertz CT molecular complexity index is 619. The number of nitrogens with zero attached hydrogens (tertiary/aromatic N) is 2. The number of halogens is 1. The van der Waals surface area contributed by atoms with Crippen LogP contribution in [0.1, 0.15) is 18.9 Å². The molecule has 1 atom stereocenters. The predicted molar refractivity (Wildman–Crippen MR) is 123 cm³/mol. The van der Waals surface area contributed by atoms with E-state index in [9.17, 15) is 4.79 Å². The largest absolute Gasteiger partial charge is 0.494 e. The number of guanidine groups is 1. The third-order valence-corrected chi connectivity index (χ3v) is 4.37. The van der Waals surface area contributed by atoms with Crippen molar-refractivity contribution in [3.8, 4) is 5.75 Å². The first-order chi connectivity index (χ1) is 13.1. The molecule has 0 radical (unpaired) electrons. The fourth-order valence-corrected chi connectivity index (χ4v) is 2.73. The molecule has 1 fully saturated rings. The van der Waals surface area contributed by atoms with Crippen LogP contribution in [0.4, 0.5) is 0 Å². The van der Waals surface area contributed by atoms with Gasteiger partial charge in [0, 0.05) is 39.7 Å². The van der Waals surface area contributed by atoms with Gasteiger partial charge in [0.2, 0.25) is 5.91 Å². The van der Waals surface area contributed by atoms with E-state index in [-0.39, 0.29) is 36.4 Å². The molecule has 158 valence electrons. The van der Waals surface area contributed by atoms with Crippen molar-refractivity contribution in [1.29, 1.82) is 0 Å². The summed E-state index contributed by atoms with van der Waals surface area (Å²) in [5.41, 5.74) is 1.20. The molecule has 1 amide bonds. The molecule has 0 aromatic heterocycles. The quantitative estimate of drug-likeness (QED) is 0.306. The minimum atomic E-state index is -0.0234. The lowest BCUT2D eigenvalue weighted by molar-refractivity contribution is -0.127. The van der Waals surface area contributed by atoms with Crippen molar-refractivity contribution >= 4 is 35.8 Å². The molecule has 2 rings (SSSR count). The summed E-state index contributed by atoms with van der Waals surface area (Å²) in [6.07, 6.45) is 1.90. The maximum atomic E-state index is 11.8. The average Bonchev–Trinajstić information content (AvgIpc) is 3.17. The Hall–Kier alpha value is -1.55. The van der Waals surface area contributed by atoms with Crippen LogP contribution < -0.4 is 15.4 Å². The van der Waals surface area contributed by atoms with E-state index in [1.807, 2.05) is 19.1 Å². The number of ether oxygens (including phenoxy) is 2. The number of hydrogen-bond donors (Lipinski definition) is 2. The van der Waals surface area contributed by atoms with Gasteiger partial charge in [-0.2, -0.15) is 0 Å². The van der Waals surface area contributed by atoms with Crippen molar-refractivity contribution in [2.75, 3.05) is 53.6 Å². The number of carbonyl (C=O) groups excluding carboxylic acids is 1. The van der Waals surface area contributed by atoms with Gasteiger partial charge in [-0.25, -0.2) is 4.99 Å². The molecule has 1 aromatic rings. The molecular weight excluding hydrogens is 471 g/mol. The number of carbonyl (C=O) groups is 1. The first-order valence-electron chi connectivity index (χ1n) is 9.60. The van der Waals surface area contributed by atoms with Gasteiger partial charge in [0.15, 0.2) is 5.96 Å². The SMILES string of the molecule is CCOc1cccc(CCNC(=NCC(=O)N(C)C)NCC2CCOC2)c1.I. The number of nitrogens with one attached hydrogen (secondary N) is 2. The van der Waals surface area contributed by atoms with E-state index >= 15 is 0 Å². The third kappa shape index (κ3) is 9.09. The monoisotopic (exact) mass is 504 g/mol. The van der Waals surface area contributed by atoms with E-state index in [0.29, 0.717) is 18.5 Å². The second-order valence-electron chi connectivity index (χ2n) is 6.82. The van der Waals surface area contributed by atoms with Crippen molar-refractivity contribution < 1.29 is 14.3 Å². The summed E-state index contributed by atoms with van der Waals surface area (Å²) in [7, 11) is 3.47. The molecule has 1 aliphatic rings. The van der Waals surface area contributed by atoms with E-state index in [0.717, 1.165) is 44.9 Å². The van der Waals surface area contributed by atoms with E-state index < -0.39 is 0 Å². The normalized spacial score (nSPS) is 16.2. The zero-order valence-corrected chi connectivity index (χ0v) is 19.4. The van der Waals surface area contributed by atoms with Gasteiger partial charge >= 0.3 is 0 Å². The Morgan fingerprint density at radius 1 is 1.36 bits per heavy atom. The van der Waals surface area contributed by atoms with Gasteiger partial charge in [-0.05, 0) is 37.5 Å². The minimum Gasteiger partial charge on any atom is -0.494 e. The number of amides is 1. The lowest BCUT2D eigenvalue weighted by Gasteiger charge is -2.16. The van der Waals surface area contributed by atoms with Crippen LogP contribution in [-0.2, 0) is 16.0 Å². The minimum absolute atomic E-state index is 0. The van der Waals surface area contributed by atoms with Gasteiger partial charge in [0.1, 0.15) is 12.3 Å². The van der Waals surface area contributed by atoms with Crippen molar-refractivity contribution in [1.82, 2.24) is 15.5 Å². The summed E-state index contributed by atoms with van der Waals surface area (Å²) < 4.78 is 11.0. The van der Waals surface area contributed by atoms with Gasteiger partial charge in [-0.15, -0.1) is 24.0 Å². The van der Waals surface area contributed by atoms with Gasteiger partial charge in [0.25, 0.3) is 0 Å². The highest BCUT2D eigenvalue weighted by molar-refractivity contribution is 14.0.